The van der Waals surface area contributed by atoms with E-state index in [2.05, 4.69) is 43.2 Å². The SMILES string of the molecule is Brc1ccc(NCc2ccc3c(c2)OCCCO3)c(Br)c1. The zero-order valence-corrected chi connectivity index (χ0v) is 14.5. The van der Waals surface area contributed by atoms with E-state index in [1.807, 2.05) is 30.3 Å². The Hall–Kier alpha value is -1.20. The monoisotopic (exact) mass is 411 g/mol. The first kappa shape index (κ1) is 14.7. The van der Waals surface area contributed by atoms with Crippen LogP contribution >= 0.6 is 31.9 Å². The van der Waals surface area contributed by atoms with Gasteiger partial charge in [-0.25, -0.2) is 0 Å². The van der Waals surface area contributed by atoms with E-state index in [0.29, 0.717) is 6.61 Å². The summed E-state index contributed by atoms with van der Waals surface area (Å²) >= 11 is 7.01. The number of rotatable bonds is 3. The summed E-state index contributed by atoms with van der Waals surface area (Å²) < 4.78 is 13.4. The molecule has 0 aromatic heterocycles. The molecular formula is C16H15Br2NO2. The Bertz CT molecular complexity index is 646. The van der Waals surface area contributed by atoms with Gasteiger partial charge < -0.3 is 14.8 Å². The molecular weight excluding hydrogens is 398 g/mol. The molecule has 0 bridgehead atoms. The topological polar surface area (TPSA) is 30.5 Å². The minimum absolute atomic E-state index is 0.710. The van der Waals surface area contributed by atoms with Crippen LogP contribution in [0.3, 0.4) is 0 Å². The summed E-state index contributed by atoms with van der Waals surface area (Å²) in [7, 11) is 0. The van der Waals surface area contributed by atoms with Gasteiger partial charge in [0.1, 0.15) is 0 Å². The Labute approximate surface area is 140 Å². The number of benzene rings is 2. The molecule has 1 aliphatic rings. The lowest BCUT2D eigenvalue weighted by Gasteiger charge is -2.12. The number of nitrogens with one attached hydrogen (secondary N) is 1. The first-order valence-corrected chi connectivity index (χ1v) is 8.38. The van der Waals surface area contributed by atoms with E-state index >= 15 is 0 Å². The van der Waals surface area contributed by atoms with E-state index in [4.69, 9.17) is 9.47 Å². The number of fused-ring (bicyclic) bond motifs is 1. The molecule has 0 aliphatic carbocycles. The molecule has 0 saturated carbocycles. The van der Waals surface area contributed by atoms with Crippen molar-refractivity contribution in [1.82, 2.24) is 0 Å². The predicted molar refractivity (Wildman–Crippen MR) is 91.2 cm³/mol. The van der Waals surface area contributed by atoms with Crippen LogP contribution in [0.5, 0.6) is 11.5 Å². The lowest BCUT2D eigenvalue weighted by atomic mass is 10.2. The van der Waals surface area contributed by atoms with Crippen molar-refractivity contribution < 1.29 is 9.47 Å². The summed E-state index contributed by atoms with van der Waals surface area (Å²) in [6.45, 7) is 2.16. The van der Waals surface area contributed by atoms with Crippen molar-refractivity contribution in [2.24, 2.45) is 0 Å². The summed E-state index contributed by atoms with van der Waals surface area (Å²) in [5.74, 6) is 1.67. The van der Waals surface area contributed by atoms with Crippen LogP contribution in [0.4, 0.5) is 5.69 Å². The first-order chi connectivity index (χ1) is 10.2. The van der Waals surface area contributed by atoms with Crippen molar-refractivity contribution in [3.63, 3.8) is 0 Å². The molecule has 0 saturated heterocycles. The normalized spacial score (nSPS) is 13.6. The maximum Gasteiger partial charge on any atom is 0.161 e. The van der Waals surface area contributed by atoms with Gasteiger partial charge in [0, 0.05) is 27.6 Å². The highest BCUT2D eigenvalue weighted by Crippen LogP contribution is 2.31. The first-order valence-electron chi connectivity index (χ1n) is 6.80. The van der Waals surface area contributed by atoms with E-state index in [-0.39, 0.29) is 0 Å². The molecule has 0 spiro atoms. The van der Waals surface area contributed by atoms with Crippen LogP contribution in [0.1, 0.15) is 12.0 Å². The van der Waals surface area contributed by atoms with E-state index in [1.54, 1.807) is 0 Å². The molecule has 110 valence electrons. The van der Waals surface area contributed by atoms with Gasteiger partial charge in [0.25, 0.3) is 0 Å². The summed E-state index contributed by atoms with van der Waals surface area (Å²) in [6, 6.07) is 12.2. The molecule has 0 radical (unpaired) electrons. The molecule has 1 aliphatic heterocycles. The fraction of sp³-hybridized carbons (Fsp3) is 0.250. The van der Waals surface area contributed by atoms with Crippen molar-refractivity contribution >= 4 is 37.5 Å². The molecule has 3 nitrogen and oxygen atoms in total. The number of anilines is 1. The van der Waals surface area contributed by atoms with Crippen LogP contribution in [-0.2, 0) is 6.54 Å². The molecule has 1 N–H and O–H groups in total. The van der Waals surface area contributed by atoms with E-state index in [1.165, 1.54) is 0 Å². The minimum Gasteiger partial charge on any atom is -0.490 e. The van der Waals surface area contributed by atoms with Gasteiger partial charge in [0.15, 0.2) is 11.5 Å². The summed E-state index contributed by atoms with van der Waals surface area (Å²) in [5.41, 5.74) is 2.22. The molecule has 0 unspecified atom stereocenters. The quantitative estimate of drug-likeness (QED) is 0.770. The van der Waals surface area contributed by atoms with Crippen molar-refractivity contribution in [2.75, 3.05) is 18.5 Å². The minimum atomic E-state index is 0.710. The molecule has 2 aromatic rings. The van der Waals surface area contributed by atoms with E-state index < -0.39 is 0 Å². The highest BCUT2D eigenvalue weighted by Gasteiger charge is 2.10. The van der Waals surface area contributed by atoms with Crippen molar-refractivity contribution in [2.45, 2.75) is 13.0 Å². The van der Waals surface area contributed by atoms with E-state index in [9.17, 15) is 0 Å². The molecule has 0 amide bonds. The maximum atomic E-state index is 5.71. The van der Waals surface area contributed by atoms with Crippen molar-refractivity contribution in [3.05, 3.63) is 50.9 Å². The predicted octanol–water partition coefficient (Wildman–Crippen LogP) is 4.99. The Morgan fingerprint density at radius 1 is 0.952 bits per heavy atom. The molecule has 5 heteroatoms. The van der Waals surface area contributed by atoms with Crippen LogP contribution in [0, 0.1) is 0 Å². The highest BCUT2D eigenvalue weighted by atomic mass is 79.9. The Morgan fingerprint density at radius 3 is 2.57 bits per heavy atom. The van der Waals surface area contributed by atoms with Crippen LogP contribution < -0.4 is 14.8 Å². The van der Waals surface area contributed by atoms with Crippen molar-refractivity contribution in [3.8, 4) is 11.5 Å². The summed E-state index contributed by atoms with van der Waals surface area (Å²) in [6.07, 6.45) is 0.925. The zero-order valence-electron chi connectivity index (χ0n) is 11.4. The third-order valence-electron chi connectivity index (χ3n) is 3.23. The molecule has 21 heavy (non-hydrogen) atoms. The third kappa shape index (κ3) is 3.71. The van der Waals surface area contributed by atoms with Crippen LogP contribution in [0.15, 0.2) is 45.3 Å². The van der Waals surface area contributed by atoms with Gasteiger partial charge in [0.05, 0.1) is 13.2 Å². The molecule has 2 aromatic carbocycles. The van der Waals surface area contributed by atoms with Crippen LogP contribution in [-0.4, -0.2) is 13.2 Å². The lowest BCUT2D eigenvalue weighted by molar-refractivity contribution is 0.297. The Kier molecular flexibility index (Phi) is 4.70. The molecule has 1 heterocycles. The van der Waals surface area contributed by atoms with Gasteiger partial charge in [-0.3, -0.25) is 0 Å². The van der Waals surface area contributed by atoms with Gasteiger partial charge in [0.2, 0.25) is 0 Å². The van der Waals surface area contributed by atoms with Gasteiger partial charge in [-0.15, -0.1) is 0 Å². The second-order valence-corrected chi connectivity index (χ2v) is 6.58. The van der Waals surface area contributed by atoms with Gasteiger partial charge in [-0.1, -0.05) is 22.0 Å². The summed E-state index contributed by atoms with van der Waals surface area (Å²) in [4.78, 5) is 0. The molecule has 3 rings (SSSR count). The summed E-state index contributed by atoms with van der Waals surface area (Å²) in [5, 5.41) is 3.41. The second kappa shape index (κ2) is 6.71. The number of hydrogen-bond donors (Lipinski definition) is 1. The van der Waals surface area contributed by atoms with E-state index in [0.717, 1.165) is 51.3 Å². The van der Waals surface area contributed by atoms with Gasteiger partial charge in [-0.2, -0.15) is 0 Å². The van der Waals surface area contributed by atoms with Crippen LogP contribution in [0.25, 0.3) is 0 Å². The lowest BCUT2D eigenvalue weighted by Crippen LogP contribution is -2.01. The van der Waals surface area contributed by atoms with Crippen LogP contribution in [0.2, 0.25) is 0 Å². The number of hydrogen-bond acceptors (Lipinski definition) is 3. The average molecular weight is 413 g/mol. The smallest absolute Gasteiger partial charge is 0.161 e. The highest BCUT2D eigenvalue weighted by molar-refractivity contribution is 9.11. The van der Waals surface area contributed by atoms with Gasteiger partial charge >= 0.3 is 0 Å². The molecule has 0 atom stereocenters. The second-order valence-electron chi connectivity index (χ2n) is 4.81. The fourth-order valence-corrected chi connectivity index (χ4v) is 3.34. The van der Waals surface area contributed by atoms with Gasteiger partial charge in [-0.05, 0) is 51.8 Å². The standard InChI is InChI=1S/C16H15Br2NO2/c17-12-3-4-14(13(18)9-12)19-10-11-2-5-15-16(8-11)21-7-1-6-20-15/h2-5,8-9,19H,1,6-7,10H2. The molecule has 0 fully saturated rings. The Balaban J connectivity index is 1.72. The number of halogens is 2. The zero-order chi connectivity index (χ0) is 14.7. The third-order valence-corrected chi connectivity index (χ3v) is 4.38. The van der Waals surface area contributed by atoms with Crippen molar-refractivity contribution in [1.29, 1.82) is 0 Å². The number of ether oxygens (including phenoxy) is 2. The largest absolute Gasteiger partial charge is 0.490 e. The average Bonchev–Trinajstić information content (AvgIpc) is 2.71. The Morgan fingerprint density at radius 2 is 1.76 bits per heavy atom. The fourth-order valence-electron chi connectivity index (χ4n) is 2.15. The maximum absolute atomic E-state index is 5.71.